The Morgan fingerprint density at radius 2 is 1.77 bits per heavy atom. The van der Waals surface area contributed by atoms with Crippen molar-refractivity contribution < 1.29 is 5.11 Å². The molecule has 13 heavy (non-hydrogen) atoms. The Morgan fingerprint density at radius 3 is 2.31 bits per heavy atom. The molecule has 0 saturated carbocycles. The van der Waals surface area contributed by atoms with Crippen molar-refractivity contribution in [3.8, 4) is 16.2 Å². The monoisotopic (exact) mass is 254 g/mol. The van der Waals surface area contributed by atoms with Crippen molar-refractivity contribution in [1.29, 1.82) is 0 Å². The van der Waals surface area contributed by atoms with E-state index in [0.717, 1.165) is 14.9 Å². The van der Waals surface area contributed by atoms with E-state index in [0.29, 0.717) is 5.75 Å². The molecule has 0 aliphatic rings. The lowest BCUT2D eigenvalue weighted by Gasteiger charge is -1.98. The summed E-state index contributed by atoms with van der Waals surface area (Å²) in [5, 5.41) is 11.4. The van der Waals surface area contributed by atoms with Gasteiger partial charge in [-0.05, 0) is 29.1 Å². The molecule has 0 aliphatic carbocycles. The fourth-order valence-electron chi connectivity index (χ4n) is 1.12. The summed E-state index contributed by atoms with van der Waals surface area (Å²) < 4.78 is 1.05. The van der Waals surface area contributed by atoms with Gasteiger partial charge in [0, 0.05) is 4.47 Å². The second-order valence-corrected chi connectivity index (χ2v) is 4.47. The van der Waals surface area contributed by atoms with Crippen molar-refractivity contribution in [2.75, 3.05) is 0 Å². The SMILES string of the molecule is Oc1ccsc1-c1ccc(Br)cc1. The van der Waals surface area contributed by atoms with Gasteiger partial charge in [-0.1, -0.05) is 28.1 Å². The van der Waals surface area contributed by atoms with Crippen molar-refractivity contribution in [3.05, 3.63) is 40.2 Å². The number of benzene rings is 1. The van der Waals surface area contributed by atoms with E-state index < -0.39 is 0 Å². The summed E-state index contributed by atoms with van der Waals surface area (Å²) in [6, 6.07) is 9.61. The van der Waals surface area contributed by atoms with E-state index in [4.69, 9.17) is 0 Å². The van der Waals surface area contributed by atoms with Gasteiger partial charge in [-0.15, -0.1) is 11.3 Å². The number of halogens is 1. The zero-order valence-corrected chi connectivity index (χ0v) is 9.10. The first kappa shape index (κ1) is 8.78. The fourth-order valence-corrected chi connectivity index (χ4v) is 2.18. The largest absolute Gasteiger partial charge is 0.506 e. The van der Waals surface area contributed by atoms with E-state index in [1.807, 2.05) is 29.6 Å². The third-order valence-corrected chi connectivity index (χ3v) is 3.23. The maximum Gasteiger partial charge on any atom is 0.134 e. The Hall–Kier alpha value is -0.800. The maximum atomic E-state index is 9.47. The highest BCUT2D eigenvalue weighted by Gasteiger charge is 2.04. The molecule has 0 bridgehead atoms. The smallest absolute Gasteiger partial charge is 0.134 e. The van der Waals surface area contributed by atoms with Gasteiger partial charge in [0.15, 0.2) is 0 Å². The van der Waals surface area contributed by atoms with Gasteiger partial charge < -0.3 is 5.11 Å². The van der Waals surface area contributed by atoms with Crippen LogP contribution >= 0.6 is 27.3 Å². The Balaban J connectivity index is 2.47. The van der Waals surface area contributed by atoms with Crippen molar-refractivity contribution in [2.45, 2.75) is 0 Å². The standard InChI is InChI=1S/C10H7BrOS/c11-8-3-1-7(2-4-8)10-9(12)5-6-13-10/h1-6,12H. The van der Waals surface area contributed by atoms with E-state index >= 15 is 0 Å². The molecule has 0 radical (unpaired) electrons. The molecule has 0 amide bonds. The molecule has 0 spiro atoms. The Bertz CT molecular complexity index is 405. The average Bonchev–Trinajstić information content (AvgIpc) is 2.53. The summed E-state index contributed by atoms with van der Waals surface area (Å²) in [5.74, 6) is 0.354. The van der Waals surface area contributed by atoms with Gasteiger partial charge in [0.05, 0.1) is 4.88 Å². The lowest BCUT2D eigenvalue weighted by Crippen LogP contribution is -1.71. The Labute approximate surface area is 88.8 Å². The molecule has 2 aromatic rings. The predicted octanol–water partition coefficient (Wildman–Crippen LogP) is 3.88. The average molecular weight is 255 g/mol. The molecule has 1 heterocycles. The maximum absolute atomic E-state index is 9.47. The molecule has 1 N–H and O–H groups in total. The quantitative estimate of drug-likeness (QED) is 0.819. The number of hydrogen-bond acceptors (Lipinski definition) is 2. The molecule has 1 aromatic carbocycles. The molecule has 3 heteroatoms. The molecule has 0 saturated heterocycles. The van der Waals surface area contributed by atoms with Crippen LogP contribution in [-0.2, 0) is 0 Å². The minimum Gasteiger partial charge on any atom is -0.506 e. The van der Waals surface area contributed by atoms with Crippen LogP contribution in [0, 0.1) is 0 Å². The molecule has 1 nitrogen and oxygen atoms in total. The highest BCUT2D eigenvalue weighted by Crippen LogP contribution is 2.34. The number of thiophene rings is 1. The first-order chi connectivity index (χ1) is 6.27. The van der Waals surface area contributed by atoms with Crippen LogP contribution in [0.15, 0.2) is 40.2 Å². The zero-order chi connectivity index (χ0) is 9.26. The highest BCUT2D eigenvalue weighted by molar-refractivity contribution is 9.10. The highest BCUT2D eigenvalue weighted by atomic mass is 79.9. The van der Waals surface area contributed by atoms with Crippen LogP contribution in [0.1, 0.15) is 0 Å². The van der Waals surface area contributed by atoms with Crippen LogP contribution in [0.2, 0.25) is 0 Å². The summed E-state index contributed by atoms with van der Waals surface area (Å²) in [6.45, 7) is 0. The van der Waals surface area contributed by atoms with Crippen LogP contribution in [0.3, 0.4) is 0 Å². The number of rotatable bonds is 1. The fraction of sp³-hybridized carbons (Fsp3) is 0. The first-order valence-electron chi connectivity index (χ1n) is 3.80. The van der Waals surface area contributed by atoms with Gasteiger partial charge in [-0.3, -0.25) is 0 Å². The topological polar surface area (TPSA) is 20.2 Å². The summed E-state index contributed by atoms with van der Waals surface area (Å²) in [7, 11) is 0. The number of aromatic hydroxyl groups is 1. The van der Waals surface area contributed by atoms with E-state index in [2.05, 4.69) is 15.9 Å². The second kappa shape index (κ2) is 3.52. The van der Waals surface area contributed by atoms with Gasteiger partial charge in [0.1, 0.15) is 5.75 Å². The van der Waals surface area contributed by atoms with Crippen molar-refractivity contribution in [3.63, 3.8) is 0 Å². The van der Waals surface area contributed by atoms with Gasteiger partial charge >= 0.3 is 0 Å². The van der Waals surface area contributed by atoms with Crippen LogP contribution < -0.4 is 0 Å². The summed E-state index contributed by atoms with van der Waals surface area (Å²) in [6.07, 6.45) is 0. The Kier molecular flexibility index (Phi) is 2.38. The minimum absolute atomic E-state index is 0.354. The second-order valence-electron chi connectivity index (χ2n) is 2.64. The summed E-state index contributed by atoms with van der Waals surface area (Å²) >= 11 is 4.91. The van der Waals surface area contributed by atoms with E-state index in [1.165, 1.54) is 0 Å². The van der Waals surface area contributed by atoms with Gasteiger partial charge in [-0.2, -0.15) is 0 Å². The van der Waals surface area contributed by atoms with Gasteiger partial charge in [0.2, 0.25) is 0 Å². The van der Waals surface area contributed by atoms with Crippen LogP contribution in [0.4, 0.5) is 0 Å². The third-order valence-electron chi connectivity index (χ3n) is 1.75. The molecular weight excluding hydrogens is 248 g/mol. The zero-order valence-electron chi connectivity index (χ0n) is 6.70. The summed E-state index contributed by atoms with van der Waals surface area (Å²) in [5.41, 5.74) is 1.05. The summed E-state index contributed by atoms with van der Waals surface area (Å²) in [4.78, 5) is 0.924. The van der Waals surface area contributed by atoms with Gasteiger partial charge in [0.25, 0.3) is 0 Å². The van der Waals surface area contributed by atoms with Crippen molar-refractivity contribution in [2.24, 2.45) is 0 Å². The molecule has 0 atom stereocenters. The Morgan fingerprint density at radius 1 is 1.08 bits per heavy atom. The minimum atomic E-state index is 0.354. The molecule has 0 aliphatic heterocycles. The normalized spacial score (nSPS) is 10.2. The van der Waals surface area contributed by atoms with Crippen LogP contribution in [-0.4, -0.2) is 5.11 Å². The van der Waals surface area contributed by atoms with Crippen LogP contribution in [0.25, 0.3) is 10.4 Å². The molecule has 0 unspecified atom stereocenters. The number of hydrogen-bond donors (Lipinski definition) is 1. The molecule has 66 valence electrons. The molecule has 2 rings (SSSR count). The van der Waals surface area contributed by atoms with Crippen LogP contribution in [0.5, 0.6) is 5.75 Å². The van der Waals surface area contributed by atoms with Crippen molar-refractivity contribution >= 4 is 27.3 Å². The molecule has 1 aromatic heterocycles. The van der Waals surface area contributed by atoms with E-state index in [9.17, 15) is 5.11 Å². The van der Waals surface area contributed by atoms with E-state index in [-0.39, 0.29) is 0 Å². The third kappa shape index (κ3) is 1.76. The van der Waals surface area contributed by atoms with E-state index in [1.54, 1.807) is 17.4 Å². The predicted molar refractivity (Wildman–Crippen MR) is 59.1 cm³/mol. The molecule has 0 fully saturated rings. The lowest BCUT2D eigenvalue weighted by molar-refractivity contribution is 0.479. The molecular formula is C10H7BrOS. The first-order valence-corrected chi connectivity index (χ1v) is 5.47. The lowest BCUT2D eigenvalue weighted by atomic mass is 10.2. The van der Waals surface area contributed by atoms with Crippen molar-refractivity contribution in [1.82, 2.24) is 0 Å². The van der Waals surface area contributed by atoms with Gasteiger partial charge in [-0.25, -0.2) is 0 Å².